The molecule has 0 fully saturated rings. The normalized spacial score (nSPS) is 14.9. The van der Waals surface area contributed by atoms with Crippen molar-refractivity contribution < 1.29 is 13.2 Å². The first-order chi connectivity index (χ1) is 11.4. The molecular formula is C17H19N3O3S. The molecule has 1 aliphatic rings. The number of carbonyl (C=O) groups is 1. The van der Waals surface area contributed by atoms with E-state index in [0.717, 1.165) is 16.9 Å². The number of aromatic nitrogens is 1. The lowest BCUT2D eigenvalue weighted by molar-refractivity contribution is -0.118. The molecule has 1 N–H and O–H groups in total. The molecule has 6 nitrogen and oxygen atoms in total. The lowest BCUT2D eigenvalue weighted by Crippen LogP contribution is -2.25. The van der Waals surface area contributed by atoms with Crippen molar-refractivity contribution in [3.8, 4) is 0 Å². The summed E-state index contributed by atoms with van der Waals surface area (Å²) in [5, 5.41) is 0. The monoisotopic (exact) mass is 345 g/mol. The summed E-state index contributed by atoms with van der Waals surface area (Å²) in [6, 6.07) is 10.0. The van der Waals surface area contributed by atoms with Gasteiger partial charge in [0.15, 0.2) is 0 Å². The van der Waals surface area contributed by atoms with Gasteiger partial charge in [-0.15, -0.1) is 0 Å². The number of carbonyl (C=O) groups excluding carboxylic acids is 1. The summed E-state index contributed by atoms with van der Waals surface area (Å²) in [7, 11) is -2.00. The van der Waals surface area contributed by atoms with Crippen molar-refractivity contribution in [2.24, 2.45) is 0 Å². The number of nitrogens with zero attached hydrogens (tertiary/aromatic N) is 2. The van der Waals surface area contributed by atoms with Crippen LogP contribution >= 0.6 is 0 Å². The number of sulfonamides is 1. The highest BCUT2D eigenvalue weighted by Crippen LogP contribution is 2.29. The largest absolute Gasteiger partial charge is 0.315 e. The molecule has 3 rings (SSSR count). The van der Waals surface area contributed by atoms with E-state index in [-0.39, 0.29) is 16.6 Å². The highest BCUT2D eigenvalue weighted by molar-refractivity contribution is 7.92. The Morgan fingerprint density at radius 3 is 2.71 bits per heavy atom. The summed E-state index contributed by atoms with van der Waals surface area (Å²) in [4.78, 5) is 17.8. The molecule has 0 unspecified atom stereocenters. The maximum atomic E-state index is 12.6. The van der Waals surface area contributed by atoms with Gasteiger partial charge in [0, 0.05) is 24.8 Å². The summed E-state index contributed by atoms with van der Waals surface area (Å²) in [6.45, 7) is 1.80. The first-order valence-electron chi connectivity index (χ1n) is 7.73. The van der Waals surface area contributed by atoms with Crippen molar-refractivity contribution in [2.45, 2.75) is 31.1 Å². The van der Waals surface area contributed by atoms with Crippen LogP contribution < -0.4 is 9.62 Å². The molecule has 2 aromatic rings. The number of aryl methyl sites for hydroxylation is 2. The number of fused-ring (bicyclic) bond motifs is 1. The van der Waals surface area contributed by atoms with Gasteiger partial charge in [0.05, 0.1) is 4.90 Å². The van der Waals surface area contributed by atoms with Crippen LogP contribution in [-0.2, 0) is 21.2 Å². The van der Waals surface area contributed by atoms with Crippen LogP contribution in [-0.4, -0.2) is 26.4 Å². The molecule has 24 heavy (non-hydrogen) atoms. The summed E-state index contributed by atoms with van der Waals surface area (Å²) in [5.41, 5.74) is 2.37. The molecule has 0 aliphatic carbocycles. The van der Waals surface area contributed by atoms with Crippen LogP contribution in [0.5, 0.6) is 0 Å². The van der Waals surface area contributed by atoms with Crippen LogP contribution in [0, 0.1) is 6.92 Å². The van der Waals surface area contributed by atoms with Crippen LogP contribution in [0.1, 0.15) is 24.1 Å². The molecule has 1 aliphatic heterocycles. The Morgan fingerprint density at radius 1 is 1.17 bits per heavy atom. The van der Waals surface area contributed by atoms with Crippen molar-refractivity contribution >= 4 is 27.4 Å². The van der Waals surface area contributed by atoms with Crippen molar-refractivity contribution in [1.82, 2.24) is 4.98 Å². The first kappa shape index (κ1) is 16.4. The van der Waals surface area contributed by atoms with E-state index < -0.39 is 10.0 Å². The third kappa shape index (κ3) is 3.26. The quantitative estimate of drug-likeness (QED) is 0.927. The summed E-state index contributed by atoms with van der Waals surface area (Å²) in [5.74, 6) is 0.337. The van der Waals surface area contributed by atoms with E-state index in [9.17, 15) is 13.2 Å². The number of benzene rings is 1. The van der Waals surface area contributed by atoms with Crippen molar-refractivity contribution in [3.05, 3.63) is 47.7 Å². The first-order valence-corrected chi connectivity index (χ1v) is 9.21. The summed E-state index contributed by atoms with van der Waals surface area (Å²) < 4.78 is 27.7. The molecule has 1 aromatic heterocycles. The lowest BCUT2D eigenvalue weighted by atomic mass is 10.1. The van der Waals surface area contributed by atoms with Gasteiger partial charge in [-0.25, -0.2) is 13.4 Å². The number of amides is 1. The predicted molar refractivity (Wildman–Crippen MR) is 92.6 cm³/mol. The van der Waals surface area contributed by atoms with Gasteiger partial charge >= 0.3 is 0 Å². The zero-order valence-corrected chi connectivity index (χ0v) is 14.4. The zero-order chi connectivity index (χ0) is 17.3. The number of anilines is 2. The van der Waals surface area contributed by atoms with E-state index in [0.29, 0.717) is 19.3 Å². The number of rotatable bonds is 3. The van der Waals surface area contributed by atoms with Crippen LogP contribution in [0.3, 0.4) is 0 Å². The molecule has 0 atom stereocenters. The van der Waals surface area contributed by atoms with Crippen LogP contribution in [0.2, 0.25) is 0 Å². The average molecular weight is 345 g/mol. The Labute approximate surface area is 141 Å². The summed E-state index contributed by atoms with van der Waals surface area (Å²) >= 11 is 0. The number of hydrogen-bond acceptors (Lipinski definition) is 4. The van der Waals surface area contributed by atoms with Gasteiger partial charge in [-0.05, 0) is 55.7 Å². The Morgan fingerprint density at radius 2 is 1.96 bits per heavy atom. The molecular weight excluding hydrogens is 326 g/mol. The number of hydrogen-bond donors (Lipinski definition) is 1. The Balaban J connectivity index is 1.95. The van der Waals surface area contributed by atoms with Gasteiger partial charge in [-0.3, -0.25) is 9.52 Å². The van der Waals surface area contributed by atoms with Crippen LogP contribution in [0.15, 0.2) is 41.3 Å². The molecule has 0 saturated carbocycles. The van der Waals surface area contributed by atoms with Gasteiger partial charge in [0.1, 0.15) is 5.82 Å². The number of pyridine rings is 1. The molecule has 0 saturated heterocycles. The average Bonchev–Trinajstić information content (AvgIpc) is 2.66. The fourth-order valence-electron chi connectivity index (χ4n) is 2.79. The maximum Gasteiger partial charge on any atom is 0.263 e. The third-order valence-corrected chi connectivity index (χ3v) is 5.41. The maximum absolute atomic E-state index is 12.6. The molecule has 126 valence electrons. The van der Waals surface area contributed by atoms with E-state index in [1.54, 1.807) is 49.2 Å². The highest BCUT2D eigenvalue weighted by atomic mass is 32.2. The van der Waals surface area contributed by atoms with Crippen molar-refractivity contribution in [3.63, 3.8) is 0 Å². The molecule has 0 bridgehead atoms. The molecule has 0 radical (unpaired) electrons. The SMILES string of the molecule is Cc1cccc(NS(=O)(=O)c2ccc3c(c2)CCCC(=O)N3C)n1. The van der Waals surface area contributed by atoms with E-state index in [2.05, 4.69) is 9.71 Å². The highest BCUT2D eigenvalue weighted by Gasteiger charge is 2.22. The molecule has 1 amide bonds. The topological polar surface area (TPSA) is 79.4 Å². The standard InChI is InChI=1S/C17H19N3O3S/c1-12-5-3-7-16(18-12)19-24(22,23)14-9-10-15-13(11-14)6-4-8-17(21)20(15)2/h3,5,7,9-11H,4,6,8H2,1-2H3,(H,18,19). The predicted octanol–water partition coefficient (Wildman–Crippen LogP) is 2.49. The van der Waals surface area contributed by atoms with Crippen LogP contribution in [0.4, 0.5) is 11.5 Å². The lowest BCUT2D eigenvalue weighted by Gasteiger charge is -2.18. The minimum atomic E-state index is -3.72. The minimum absolute atomic E-state index is 0.0476. The second kappa shape index (κ2) is 6.24. The Bertz CT molecular complexity index is 894. The van der Waals surface area contributed by atoms with Gasteiger partial charge in [-0.1, -0.05) is 6.07 Å². The molecule has 7 heteroatoms. The van der Waals surface area contributed by atoms with E-state index in [4.69, 9.17) is 0 Å². The molecule has 2 heterocycles. The Kier molecular flexibility index (Phi) is 4.28. The molecule has 0 spiro atoms. The van der Waals surface area contributed by atoms with Crippen molar-refractivity contribution in [2.75, 3.05) is 16.7 Å². The van der Waals surface area contributed by atoms with Crippen molar-refractivity contribution in [1.29, 1.82) is 0 Å². The van der Waals surface area contributed by atoms with E-state index >= 15 is 0 Å². The second-order valence-corrected chi connectivity index (χ2v) is 7.55. The summed E-state index contributed by atoms with van der Waals surface area (Å²) in [6.07, 6.45) is 1.86. The Hall–Kier alpha value is -2.41. The van der Waals surface area contributed by atoms with E-state index in [1.165, 1.54) is 6.07 Å². The van der Waals surface area contributed by atoms with E-state index in [1.807, 2.05) is 0 Å². The van der Waals surface area contributed by atoms with Crippen LogP contribution in [0.25, 0.3) is 0 Å². The van der Waals surface area contributed by atoms with Gasteiger partial charge < -0.3 is 4.90 Å². The second-order valence-electron chi connectivity index (χ2n) is 5.87. The van der Waals surface area contributed by atoms with Gasteiger partial charge in [-0.2, -0.15) is 0 Å². The smallest absolute Gasteiger partial charge is 0.263 e. The van der Waals surface area contributed by atoms with Gasteiger partial charge in [0.2, 0.25) is 5.91 Å². The number of nitrogens with one attached hydrogen (secondary N) is 1. The fourth-order valence-corrected chi connectivity index (χ4v) is 3.84. The van der Waals surface area contributed by atoms with Gasteiger partial charge in [0.25, 0.3) is 10.0 Å². The zero-order valence-electron chi connectivity index (χ0n) is 13.6. The molecule has 1 aromatic carbocycles. The fraction of sp³-hybridized carbons (Fsp3) is 0.294. The minimum Gasteiger partial charge on any atom is -0.315 e. The third-order valence-electron chi connectivity index (χ3n) is 4.06.